The van der Waals surface area contributed by atoms with E-state index in [4.69, 9.17) is 4.55 Å². The Morgan fingerprint density at radius 1 is 0.895 bits per heavy atom. The molecular weight excluding hydrogens is 329 g/mol. The predicted molar refractivity (Wildman–Crippen MR) is 70.5 cm³/mol. The SMILES string of the molecule is CCCCCCCCCCCCOS(=O)(=O)O.[H-].[Na+].[Zn]. The Labute approximate surface area is 154 Å². The summed E-state index contributed by atoms with van der Waals surface area (Å²) in [5.74, 6) is 0. The van der Waals surface area contributed by atoms with Crippen molar-refractivity contribution in [3.05, 3.63) is 0 Å². The van der Waals surface area contributed by atoms with Gasteiger partial charge in [-0.3, -0.25) is 4.55 Å². The molecule has 1 N–H and O–H groups in total. The fourth-order valence-electron chi connectivity index (χ4n) is 1.75. The second-order valence-electron chi connectivity index (χ2n) is 4.43. The second kappa shape index (κ2) is 17.5. The fourth-order valence-corrected chi connectivity index (χ4v) is 2.08. The Kier molecular flexibility index (Phi) is 23.5. The Morgan fingerprint density at radius 3 is 1.63 bits per heavy atom. The van der Waals surface area contributed by atoms with Gasteiger partial charge in [0.15, 0.2) is 0 Å². The first-order chi connectivity index (χ1) is 8.06. The van der Waals surface area contributed by atoms with Gasteiger partial charge in [0.1, 0.15) is 0 Å². The van der Waals surface area contributed by atoms with Crippen molar-refractivity contribution in [2.45, 2.75) is 71.1 Å². The van der Waals surface area contributed by atoms with Gasteiger partial charge in [-0.2, -0.15) is 8.42 Å². The van der Waals surface area contributed by atoms with E-state index >= 15 is 0 Å². The van der Waals surface area contributed by atoms with E-state index in [2.05, 4.69) is 11.1 Å². The van der Waals surface area contributed by atoms with Crippen LogP contribution in [0.2, 0.25) is 0 Å². The van der Waals surface area contributed by atoms with Gasteiger partial charge in [-0.15, -0.1) is 0 Å². The molecule has 0 heterocycles. The van der Waals surface area contributed by atoms with Crippen molar-refractivity contribution in [2.24, 2.45) is 0 Å². The van der Waals surface area contributed by atoms with E-state index in [1.54, 1.807) is 0 Å². The molecular formula is C12H27NaO4SZn. The first-order valence-electron chi connectivity index (χ1n) is 6.68. The van der Waals surface area contributed by atoms with Gasteiger partial charge in [-0.25, -0.2) is 4.18 Å². The van der Waals surface area contributed by atoms with E-state index in [0.717, 1.165) is 12.8 Å². The molecule has 0 amide bonds. The molecule has 0 aromatic rings. The molecule has 108 valence electrons. The molecule has 0 radical (unpaired) electrons. The summed E-state index contributed by atoms with van der Waals surface area (Å²) in [6, 6.07) is 0. The topological polar surface area (TPSA) is 63.6 Å². The number of hydrogen-bond acceptors (Lipinski definition) is 3. The molecule has 0 aliphatic heterocycles. The summed E-state index contributed by atoms with van der Waals surface area (Å²) in [6.07, 6.45) is 11.9. The number of rotatable bonds is 12. The molecule has 0 aromatic heterocycles. The maximum Gasteiger partial charge on any atom is 1.00 e. The minimum atomic E-state index is -4.23. The summed E-state index contributed by atoms with van der Waals surface area (Å²) in [5, 5.41) is 0. The van der Waals surface area contributed by atoms with E-state index in [9.17, 15) is 8.42 Å². The van der Waals surface area contributed by atoms with Gasteiger partial charge in [-0.05, 0) is 6.42 Å². The average molecular weight is 356 g/mol. The van der Waals surface area contributed by atoms with E-state index in [1.807, 2.05) is 0 Å². The second-order valence-corrected chi connectivity index (χ2v) is 5.52. The van der Waals surface area contributed by atoms with Crippen molar-refractivity contribution in [3.8, 4) is 0 Å². The summed E-state index contributed by atoms with van der Waals surface area (Å²) in [5.41, 5.74) is 0. The summed E-state index contributed by atoms with van der Waals surface area (Å²) in [6.45, 7) is 2.31. The quantitative estimate of drug-likeness (QED) is 0.320. The van der Waals surface area contributed by atoms with E-state index in [1.165, 1.54) is 44.9 Å². The van der Waals surface area contributed by atoms with Crippen LogP contribution in [-0.4, -0.2) is 19.6 Å². The monoisotopic (exact) mass is 354 g/mol. The third-order valence-corrected chi connectivity index (χ3v) is 3.19. The molecule has 0 atom stereocenters. The third kappa shape index (κ3) is 24.9. The molecule has 0 aliphatic carbocycles. The Bertz CT molecular complexity index is 266. The number of hydrogen-bond donors (Lipinski definition) is 1. The van der Waals surface area contributed by atoms with Crippen LogP contribution >= 0.6 is 0 Å². The van der Waals surface area contributed by atoms with E-state index < -0.39 is 10.4 Å². The zero-order chi connectivity index (χ0) is 13.0. The van der Waals surface area contributed by atoms with E-state index in [-0.39, 0.29) is 57.1 Å². The molecule has 0 aromatic carbocycles. The van der Waals surface area contributed by atoms with Gasteiger partial charge in [-0.1, -0.05) is 64.7 Å². The van der Waals surface area contributed by atoms with Gasteiger partial charge < -0.3 is 1.43 Å². The van der Waals surface area contributed by atoms with Crippen LogP contribution in [0.3, 0.4) is 0 Å². The van der Waals surface area contributed by atoms with E-state index in [0.29, 0.717) is 6.42 Å². The van der Waals surface area contributed by atoms with Gasteiger partial charge in [0.2, 0.25) is 0 Å². The molecule has 0 fully saturated rings. The third-order valence-electron chi connectivity index (χ3n) is 2.73. The summed E-state index contributed by atoms with van der Waals surface area (Å²) >= 11 is 0. The summed E-state index contributed by atoms with van der Waals surface area (Å²) in [7, 11) is -4.23. The van der Waals surface area contributed by atoms with Gasteiger partial charge in [0.05, 0.1) is 6.61 Å². The maximum atomic E-state index is 10.2. The van der Waals surface area contributed by atoms with Gasteiger partial charge in [0.25, 0.3) is 0 Å². The van der Waals surface area contributed by atoms with Crippen LogP contribution in [0.1, 0.15) is 72.6 Å². The van der Waals surface area contributed by atoms with Crippen LogP contribution in [0.4, 0.5) is 0 Å². The predicted octanol–water partition coefficient (Wildman–Crippen LogP) is 0.841. The van der Waals surface area contributed by atoms with Crippen molar-refractivity contribution in [3.63, 3.8) is 0 Å². The Morgan fingerprint density at radius 2 is 1.26 bits per heavy atom. The van der Waals surface area contributed by atoms with Gasteiger partial charge in [0, 0.05) is 19.5 Å². The molecule has 19 heavy (non-hydrogen) atoms. The summed E-state index contributed by atoms with van der Waals surface area (Å²) < 4.78 is 33.0. The fraction of sp³-hybridized carbons (Fsp3) is 1.00. The Balaban J connectivity index is -0.000000427. The van der Waals surface area contributed by atoms with Crippen molar-refractivity contribution in [1.82, 2.24) is 0 Å². The first kappa shape index (κ1) is 25.4. The van der Waals surface area contributed by atoms with Crippen LogP contribution in [0.25, 0.3) is 0 Å². The average Bonchev–Trinajstić information content (AvgIpc) is 2.24. The normalized spacial score (nSPS) is 10.6. The van der Waals surface area contributed by atoms with Crippen molar-refractivity contribution in [2.75, 3.05) is 6.61 Å². The van der Waals surface area contributed by atoms with Crippen LogP contribution in [0.15, 0.2) is 0 Å². The smallest absolute Gasteiger partial charge is 1.00 e. The molecule has 0 aliphatic rings. The maximum absolute atomic E-state index is 10.2. The van der Waals surface area contributed by atoms with Crippen LogP contribution < -0.4 is 29.6 Å². The van der Waals surface area contributed by atoms with Crippen LogP contribution in [0, 0.1) is 0 Å². The first-order valence-corrected chi connectivity index (χ1v) is 8.04. The van der Waals surface area contributed by atoms with Crippen molar-refractivity contribution in [1.29, 1.82) is 0 Å². The van der Waals surface area contributed by atoms with Gasteiger partial charge >= 0.3 is 40.0 Å². The minimum absolute atomic E-state index is 0. The number of unbranched alkanes of at least 4 members (excludes halogenated alkanes) is 9. The molecule has 0 spiro atoms. The summed E-state index contributed by atoms with van der Waals surface area (Å²) in [4.78, 5) is 0. The molecule has 4 nitrogen and oxygen atoms in total. The zero-order valence-electron chi connectivity index (χ0n) is 13.6. The molecule has 0 rings (SSSR count). The molecule has 0 saturated heterocycles. The van der Waals surface area contributed by atoms with Crippen LogP contribution in [0.5, 0.6) is 0 Å². The van der Waals surface area contributed by atoms with Crippen LogP contribution in [-0.2, 0) is 34.1 Å². The molecule has 0 unspecified atom stereocenters. The standard InChI is InChI=1S/C12H26O4S.Na.Zn.H/c1-2-3-4-5-6-7-8-9-10-11-12-16-17(13,14)15;;;/h2-12H2,1H3,(H,13,14,15);;;/q;+1;;-1. The Hall–Kier alpha value is 1.49. The minimum Gasteiger partial charge on any atom is -1.00 e. The molecule has 0 bridgehead atoms. The zero-order valence-corrected chi connectivity index (χ0v) is 18.3. The largest absolute Gasteiger partial charge is 1.00 e. The molecule has 0 saturated carbocycles. The van der Waals surface area contributed by atoms with Crippen molar-refractivity contribution >= 4 is 10.4 Å². The molecule has 7 heteroatoms. The van der Waals surface area contributed by atoms with Crippen molar-refractivity contribution < 1.29 is 67.6 Å².